The van der Waals surface area contributed by atoms with Crippen LogP contribution in [0.3, 0.4) is 0 Å². The summed E-state index contributed by atoms with van der Waals surface area (Å²) in [5, 5.41) is 0. The van der Waals surface area contributed by atoms with Gasteiger partial charge in [-0.3, -0.25) is 4.72 Å². The third kappa shape index (κ3) is 3.81. The van der Waals surface area contributed by atoms with Crippen molar-refractivity contribution in [1.82, 2.24) is 0 Å². The molecule has 0 unspecified atom stereocenters. The summed E-state index contributed by atoms with van der Waals surface area (Å²) in [5.74, 6) is 0. The Morgan fingerprint density at radius 3 is 2.23 bits per heavy atom. The number of anilines is 1. The lowest BCUT2D eigenvalue weighted by Crippen LogP contribution is -2.33. The maximum atomic E-state index is 12.5. The van der Waals surface area contributed by atoms with Gasteiger partial charge in [0.2, 0.25) is 10.0 Å². The molecule has 0 aliphatic carbocycles. The summed E-state index contributed by atoms with van der Waals surface area (Å²) in [7, 11) is -3.46. The molecule has 0 radical (unpaired) electrons. The average Bonchev–Trinajstić information content (AvgIpc) is 2.46. The number of hydrogen-bond acceptors (Lipinski definition) is 2. The summed E-state index contributed by atoms with van der Waals surface area (Å²) in [4.78, 5) is 0. The number of alkyl halides is 1. The van der Waals surface area contributed by atoms with E-state index >= 15 is 0 Å². The number of rotatable bonds is 4. The molecule has 0 spiro atoms. The van der Waals surface area contributed by atoms with Crippen LogP contribution in [0.15, 0.2) is 48.5 Å². The standard InChI is InChI=1S/C17H20INO2S/c1-17(2,3)22(20,21)19-16-11-13(12-18)9-10-15(16)14-7-5-4-6-8-14/h4-11,19H,12H2,1-3H3. The zero-order chi connectivity index (χ0) is 16.4. The van der Waals surface area contributed by atoms with Crippen LogP contribution in [0.25, 0.3) is 11.1 Å². The van der Waals surface area contributed by atoms with Crippen LogP contribution < -0.4 is 4.72 Å². The lowest BCUT2D eigenvalue weighted by molar-refractivity contribution is 0.566. The van der Waals surface area contributed by atoms with Gasteiger partial charge in [-0.2, -0.15) is 0 Å². The van der Waals surface area contributed by atoms with E-state index in [0.29, 0.717) is 5.69 Å². The van der Waals surface area contributed by atoms with Gasteiger partial charge < -0.3 is 0 Å². The molecule has 3 nitrogen and oxygen atoms in total. The Bertz CT molecular complexity index is 750. The van der Waals surface area contributed by atoms with E-state index in [1.807, 2.05) is 48.5 Å². The highest BCUT2D eigenvalue weighted by Crippen LogP contribution is 2.32. The van der Waals surface area contributed by atoms with Crippen molar-refractivity contribution in [3.63, 3.8) is 0 Å². The van der Waals surface area contributed by atoms with Gasteiger partial charge in [-0.05, 0) is 38.0 Å². The van der Waals surface area contributed by atoms with Crippen LogP contribution >= 0.6 is 22.6 Å². The molecule has 0 saturated carbocycles. The van der Waals surface area contributed by atoms with Crippen molar-refractivity contribution in [2.45, 2.75) is 29.9 Å². The number of nitrogens with one attached hydrogen (secondary N) is 1. The first kappa shape index (κ1) is 17.3. The van der Waals surface area contributed by atoms with Gasteiger partial charge in [0.15, 0.2) is 0 Å². The predicted octanol–water partition coefficient (Wildman–Crippen LogP) is 4.83. The molecule has 1 N–H and O–H groups in total. The highest BCUT2D eigenvalue weighted by molar-refractivity contribution is 14.1. The predicted molar refractivity (Wildman–Crippen MR) is 102 cm³/mol. The van der Waals surface area contributed by atoms with E-state index in [2.05, 4.69) is 27.3 Å². The summed E-state index contributed by atoms with van der Waals surface area (Å²) in [6, 6.07) is 15.7. The van der Waals surface area contributed by atoms with E-state index in [9.17, 15) is 8.42 Å². The Morgan fingerprint density at radius 1 is 1.05 bits per heavy atom. The molecule has 2 aromatic carbocycles. The first-order valence-corrected chi connectivity index (χ1v) is 10.0. The van der Waals surface area contributed by atoms with Gasteiger partial charge in [0.25, 0.3) is 0 Å². The van der Waals surface area contributed by atoms with Crippen molar-refractivity contribution in [3.8, 4) is 11.1 Å². The molecule has 0 aliphatic rings. The van der Waals surface area contributed by atoms with E-state index in [0.717, 1.165) is 21.1 Å². The Morgan fingerprint density at radius 2 is 1.68 bits per heavy atom. The molecule has 0 saturated heterocycles. The summed E-state index contributed by atoms with van der Waals surface area (Å²) >= 11 is 2.27. The minimum atomic E-state index is -3.46. The zero-order valence-electron chi connectivity index (χ0n) is 12.9. The fourth-order valence-electron chi connectivity index (χ4n) is 1.93. The van der Waals surface area contributed by atoms with Gasteiger partial charge in [0, 0.05) is 9.99 Å². The van der Waals surface area contributed by atoms with Gasteiger partial charge >= 0.3 is 0 Å². The van der Waals surface area contributed by atoms with E-state index in [1.165, 1.54) is 0 Å². The Balaban J connectivity index is 2.54. The van der Waals surface area contributed by atoms with Crippen molar-refractivity contribution < 1.29 is 8.42 Å². The molecule has 0 atom stereocenters. The van der Waals surface area contributed by atoms with Gasteiger partial charge in [-0.1, -0.05) is 65.1 Å². The second-order valence-corrected chi connectivity index (χ2v) is 9.30. The maximum absolute atomic E-state index is 12.5. The topological polar surface area (TPSA) is 46.2 Å². The lowest BCUT2D eigenvalue weighted by atomic mass is 10.0. The smallest absolute Gasteiger partial charge is 0.237 e. The highest BCUT2D eigenvalue weighted by atomic mass is 127. The molecule has 0 aliphatic heterocycles. The van der Waals surface area contributed by atoms with Crippen molar-refractivity contribution in [1.29, 1.82) is 0 Å². The van der Waals surface area contributed by atoms with Gasteiger partial charge in [0.05, 0.1) is 10.4 Å². The van der Waals surface area contributed by atoms with Gasteiger partial charge in [0.1, 0.15) is 0 Å². The summed E-state index contributed by atoms with van der Waals surface area (Å²) in [6.45, 7) is 5.08. The largest absolute Gasteiger partial charge is 0.282 e. The van der Waals surface area contributed by atoms with Crippen LogP contribution in [0.4, 0.5) is 5.69 Å². The normalized spacial score (nSPS) is 12.2. The number of benzene rings is 2. The SMILES string of the molecule is CC(C)(C)S(=O)(=O)Nc1cc(CI)ccc1-c1ccccc1. The Labute approximate surface area is 146 Å². The molecule has 22 heavy (non-hydrogen) atoms. The highest BCUT2D eigenvalue weighted by Gasteiger charge is 2.29. The molecule has 0 fully saturated rings. The van der Waals surface area contributed by atoms with Crippen molar-refractivity contribution in [2.75, 3.05) is 4.72 Å². The van der Waals surface area contributed by atoms with Crippen LogP contribution in [0.5, 0.6) is 0 Å². The van der Waals surface area contributed by atoms with E-state index < -0.39 is 14.8 Å². The Kier molecular flexibility index (Phi) is 5.17. The lowest BCUT2D eigenvalue weighted by Gasteiger charge is -2.22. The monoisotopic (exact) mass is 429 g/mol. The molecule has 5 heteroatoms. The van der Waals surface area contributed by atoms with Crippen molar-refractivity contribution >= 4 is 38.3 Å². The van der Waals surface area contributed by atoms with Crippen LogP contribution in [-0.4, -0.2) is 13.2 Å². The van der Waals surface area contributed by atoms with E-state index in [1.54, 1.807) is 20.8 Å². The van der Waals surface area contributed by atoms with E-state index in [4.69, 9.17) is 0 Å². The van der Waals surface area contributed by atoms with Crippen LogP contribution in [0.2, 0.25) is 0 Å². The number of sulfonamides is 1. The number of halogens is 1. The third-order valence-electron chi connectivity index (χ3n) is 3.37. The molecule has 0 heterocycles. The zero-order valence-corrected chi connectivity index (χ0v) is 15.9. The number of hydrogen-bond donors (Lipinski definition) is 1. The average molecular weight is 429 g/mol. The van der Waals surface area contributed by atoms with E-state index in [-0.39, 0.29) is 0 Å². The molecule has 0 amide bonds. The van der Waals surface area contributed by atoms with Crippen LogP contribution in [-0.2, 0) is 14.5 Å². The molecule has 0 aromatic heterocycles. The molecule has 2 rings (SSSR count). The summed E-state index contributed by atoms with van der Waals surface area (Å²) < 4.78 is 27.7. The second kappa shape index (κ2) is 6.58. The van der Waals surface area contributed by atoms with Gasteiger partial charge in [-0.25, -0.2) is 8.42 Å². The Hall–Kier alpha value is -1.08. The minimum Gasteiger partial charge on any atom is -0.282 e. The molecular weight excluding hydrogens is 409 g/mol. The molecule has 0 bridgehead atoms. The summed E-state index contributed by atoms with van der Waals surface area (Å²) in [5.41, 5.74) is 3.61. The minimum absolute atomic E-state index is 0.635. The van der Waals surface area contributed by atoms with Gasteiger partial charge in [-0.15, -0.1) is 0 Å². The van der Waals surface area contributed by atoms with Crippen molar-refractivity contribution in [2.24, 2.45) is 0 Å². The first-order chi connectivity index (χ1) is 10.2. The van der Waals surface area contributed by atoms with Crippen LogP contribution in [0.1, 0.15) is 26.3 Å². The quantitative estimate of drug-likeness (QED) is 0.559. The summed E-state index contributed by atoms with van der Waals surface area (Å²) in [6.07, 6.45) is 0. The third-order valence-corrected chi connectivity index (χ3v) is 6.36. The molecule has 2 aromatic rings. The maximum Gasteiger partial charge on any atom is 0.237 e. The first-order valence-electron chi connectivity index (χ1n) is 7.01. The fourth-order valence-corrected chi connectivity index (χ4v) is 3.17. The molecule has 118 valence electrons. The van der Waals surface area contributed by atoms with Crippen molar-refractivity contribution in [3.05, 3.63) is 54.1 Å². The second-order valence-electron chi connectivity index (χ2n) is 6.10. The fraction of sp³-hybridized carbons (Fsp3) is 0.294. The van der Waals surface area contributed by atoms with Crippen LogP contribution in [0, 0.1) is 0 Å². The molecular formula is C17H20INO2S.